The van der Waals surface area contributed by atoms with E-state index in [4.69, 9.17) is 0 Å². The van der Waals surface area contributed by atoms with Gasteiger partial charge in [-0.1, -0.05) is 42.0 Å². The lowest BCUT2D eigenvalue weighted by Crippen LogP contribution is -2.27. The first-order valence-electron chi connectivity index (χ1n) is 9.66. The van der Waals surface area contributed by atoms with E-state index in [0.717, 1.165) is 47.3 Å². The number of fused-ring (bicyclic) bond motifs is 11. The van der Waals surface area contributed by atoms with Gasteiger partial charge in [-0.25, -0.2) is 0 Å². The molecule has 8 atom stereocenters. The largest absolute Gasteiger partial charge is 0.0623 e. The Kier molecular flexibility index (Phi) is 2.41. The van der Waals surface area contributed by atoms with E-state index in [0.29, 0.717) is 0 Å². The van der Waals surface area contributed by atoms with Crippen LogP contribution in [0.1, 0.15) is 44.1 Å². The molecule has 5 saturated carbocycles. The summed E-state index contributed by atoms with van der Waals surface area (Å²) in [6.45, 7) is 0. The van der Waals surface area contributed by atoms with Crippen LogP contribution >= 0.6 is 0 Å². The molecule has 5 aliphatic carbocycles. The number of allylic oxidation sites excluding steroid dienone is 1. The quantitative estimate of drug-likeness (QED) is 0.649. The van der Waals surface area contributed by atoms with E-state index in [2.05, 4.69) is 36.4 Å². The third-order valence-electron chi connectivity index (χ3n) is 8.31. The maximum atomic E-state index is 2.64. The second-order valence-electron chi connectivity index (χ2n) is 8.93. The summed E-state index contributed by atoms with van der Waals surface area (Å²) >= 11 is 0. The van der Waals surface area contributed by atoms with Gasteiger partial charge in [0.05, 0.1) is 0 Å². The normalized spacial score (nSPS) is 50.5. The van der Waals surface area contributed by atoms with Gasteiger partial charge in [-0.2, -0.15) is 0 Å². The van der Waals surface area contributed by atoms with E-state index in [1.807, 2.05) is 5.57 Å². The van der Waals surface area contributed by atoms with E-state index in [9.17, 15) is 0 Å². The molecule has 1 aromatic carbocycles. The maximum Gasteiger partial charge on any atom is -0.0134 e. The molecule has 22 heavy (non-hydrogen) atoms. The van der Waals surface area contributed by atoms with Crippen LogP contribution in [-0.2, 0) is 0 Å². The van der Waals surface area contributed by atoms with E-state index < -0.39 is 0 Å². The first-order valence-corrected chi connectivity index (χ1v) is 9.66. The third-order valence-corrected chi connectivity index (χ3v) is 8.31. The van der Waals surface area contributed by atoms with Gasteiger partial charge in [-0.3, -0.25) is 0 Å². The average Bonchev–Trinajstić information content (AvgIpc) is 3.33. The van der Waals surface area contributed by atoms with Crippen LogP contribution in [0.15, 0.2) is 35.9 Å². The van der Waals surface area contributed by atoms with Gasteiger partial charge in [-0.15, -0.1) is 0 Å². The first-order chi connectivity index (χ1) is 10.9. The zero-order valence-corrected chi connectivity index (χ0v) is 13.3. The van der Waals surface area contributed by atoms with E-state index in [-0.39, 0.29) is 0 Å². The Bertz CT molecular complexity index is 593. The maximum absolute atomic E-state index is 2.64. The van der Waals surface area contributed by atoms with Crippen LogP contribution in [-0.4, -0.2) is 0 Å². The zero-order valence-electron chi connectivity index (χ0n) is 13.3. The molecule has 114 valence electrons. The minimum atomic E-state index is 0.984. The summed E-state index contributed by atoms with van der Waals surface area (Å²) in [6, 6.07) is 11.2. The summed E-state index contributed by atoms with van der Waals surface area (Å²) < 4.78 is 0. The van der Waals surface area contributed by atoms with Crippen molar-refractivity contribution in [3.05, 3.63) is 41.5 Å². The van der Waals surface area contributed by atoms with Gasteiger partial charge >= 0.3 is 0 Å². The molecule has 5 aliphatic rings. The number of benzene rings is 1. The predicted octanol–water partition coefficient (Wildman–Crippen LogP) is 5.41. The summed E-state index contributed by atoms with van der Waals surface area (Å²) in [7, 11) is 0. The molecule has 4 unspecified atom stereocenters. The zero-order chi connectivity index (χ0) is 14.3. The molecule has 6 rings (SSSR count). The summed E-state index contributed by atoms with van der Waals surface area (Å²) in [5, 5.41) is 0. The highest BCUT2D eigenvalue weighted by molar-refractivity contribution is 5.56. The fourth-order valence-electron chi connectivity index (χ4n) is 7.92. The highest BCUT2D eigenvalue weighted by Crippen LogP contribution is 2.72. The Labute approximate surface area is 134 Å². The standard InChI is InChI=1S/C22H26/c1-2-4-13(5-3-1)10-18-19-14-6-8-16(11-14)21(19)22-17-9-7-15(12-17)20(18)22/h1-5,10,14-17,19-22H,6-9,11-12H2/t14-,15-,16+,17+,19?,20?,21?,22?/m0/s1. The van der Waals surface area contributed by atoms with Gasteiger partial charge < -0.3 is 0 Å². The molecule has 0 aliphatic heterocycles. The van der Waals surface area contributed by atoms with Gasteiger partial charge in [0.1, 0.15) is 0 Å². The van der Waals surface area contributed by atoms with Crippen LogP contribution < -0.4 is 0 Å². The predicted molar refractivity (Wildman–Crippen MR) is 90.0 cm³/mol. The highest BCUT2D eigenvalue weighted by Gasteiger charge is 2.65. The number of rotatable bonds is 1. The Morgan fingerprint density at radius 1 is 0.682 bits per heavy atom. The van der Waals surface area contributed by atoms with E-state index in [1.54, 1.807) is 25.7 Å². The van der Waals surface area contributed by atoms with Crippen LogP contribution in [0.4, 0.5) is 0 Å². The van der Waals surface area contributed by atoms with Crippen LogP contribution in [0.25, 0.3) is 6.08 Å². The minimum Gasteiger partial charge on any atom is -0.0623 e. The van der Waals surface area contributed by atoms with Gasteiger partial charge in [0.15, 0.2) is 0 Å². The van der Waals surface area contributed by atoms with Gasteiger partial charge in [0, 0.05) is 0 Å². The summed E-state index contributed by atoms with van der Waals surface area (Å²) in [5.41, 5.74) is 3.38. The number of hydrogen-bond acceptors (Lipinski definition) is 0. The van der Waals surface area contributed by atoms with Crippen molar-refractivity contribution in [1.29, 1.82) is 0 Å². The molecule has 0 heteroatoms. The molecule has 0 saturated heterocycles. The summed E-state index contributed by atoms with van der Waals surface area (Å²) in [6.07, 6.45) is 12.0. The first kappa shape index (κ1) is 12.4. The minimum absolute atomic E-state index is 0.984. The van der Waals surface area contributed by atoms with Crippen molar-refractivity contribution < 1.29 is 0 Å². The van der Waals surface area contributed by atoms with Crippen molar-refractivity contribution in [1.82, 2.24) is 0 Å². The molecule has 0 amide bonds. The molecule has 1 aromatic rings. The summed E-state index contributed by atoms with van der Waals surface area (Å²) in [5.74, 6) is 8.45. The van der Waals surface area contributed by atoms with Crippen molar-refractivity contribution in [2.75, 3.05) is 0 Å². The monoisotopic (exact) mass is 290 g/mol. The second kappa shape index (κ2) is 4.28. The van der Waals surface area contributed by atoms with Crippen LogP contribution in [0.2, 0.25) is 0 Å². The van der Waals surface area contributed by atoms with Crippen molar-refractivity contribution in [3.63, 3.8) is 0 Å². The van der Waals surface area contributed by atoms with E-state index in [1.165, 1.54) is 18.4 Å². The molecular weight excluding hydrogens is 264 g/mol. The fraction of sp³-hybridized carbons (Fsp3) is 0.636. The lowest BCUT2D eigenvalue weighted by molar-refractivity contribution is 0.153. The lowest BCUT2D eigenvalue weighted by atomic mass is 9.72. The Hall–Kier alpha value is -1.04. The van der Waals surface area contributed by atoms with Crippen LogP contribution in [0.3, 0.4) is 0 Å². The Morgan fingerprint density at radius 2 is 1.23 bits per heavy atom. The van der Waals surface area contributed by atoms with Crippen molar-refractivity contribution in [2.24, 2.45) is 47.3 Å². The third kappa shape index (κ3) is 1.45. The van der Waals surface area contributed by atoms with Gasteiger partial charge in [0.2, 0.25) is 0 Å². The molecular formula is C22H26. The lowest BCUT2D eigenvalue weighted by Gasteiger charge is -2.32. The summed E-state index contributed by atoms with van der Waals surface area (Å²) in [4.78, 5) is 0. The van der Waals surface area contributed by atoms with Gasteiger partial charge in [-0.05, 0) is 91.4 Å². The topological polar surface area (TPSA) is 0 Å². The van der Waals surface area contributed by atoms with Crippen molar-refractivity contribution in [2.45, 2.75) is 38.5 Å². The highest BCUT2D eigenvalue weighted by atomic mass is 14.7. The van der Waals surface area contributed by atoms with Crippen molar-refractivity contribution in [3.8, 4) is 0 Å². The second-order valence-corrected chi connectivity index (χ2v) is 8.93. The fourth-order valence-corrected chi connectivity index (χ4v) is 7.92. The molecule has 0 N–H and O–H groups in total. The Balaban J connectivity index is 1.48. The molecule has 0 aromatic heterocycles. The number of hydrogen-bond donors (Lipinski definition) is 0. The molecule has 0 nitrogen and oxygen atoms in total. The Morgan fingerprint density at radius 3 is 1.82 bits per heavy atom. The smallest absolute Gasteiger partial charge is 0.0134 e. The molecule has 5 fully saturated rings. The molecule has 0 spiro atoms. The van der Waals surface area contributed by atoms with Crippen LogP contribution in [0.5, 0.6) is 0 Å². The molecule has 0 heterocycles. The SMILES string of the molecule is C(=C1C2C(C3C1[C@H]1CC[C@@H]3C1)[C@@H]1CC[C@H]2C1)c1ccccc1. The molecule has 0 radical (unpaired) electrons. The van der Waals surface area contributed by atoms with Crippen LogP contribution in [0, 0.1) is 47.3 Å². The van der Waals surface area contributed by atoms with Crippen molar-refractivity contribution >= 4 is 6.08 Å². The molecule has 4 bridgehead atoms. The average molecular weight is 290 g/mol. The van der Waals surface area contributed by atoms with Gasteiger partial charge in [0.25, 0.3) is 0 Å². The van der Waals surface area contributed by atoms with E-state index >= 15 is 0 Å².